The Bertz CT molecular complexity index is 1080. The van der Waals surface area contributed by atoms with E-state index in [4.69, 9.17) is 9.47 Å². The first-order valence-electron chi connectivity index (χ1n) is 12.2. The average molecular weight is 463 g/mol. The number of methoxy groups -OCH3 is 2. The molecule has 0 bridgehead atoms. The van der Waals surface area contributed by atoms with Crippen molar-refractivity contribution >= 4 is 33.5 Å². The largest absolute Gasteiger partial charge is 0.469 e. The molecule has 0 spiro atoms. The molecule has 0 saturated heterocycles. The summed E-state index contributed by atoms with van der Waals surface area (Å²) >= 11 is 0. The van der Waals surface area contributed by atoms with Gasteiger partial charge in [-0.05, 0) is 81.3 Å². The number of hydrogen-bond donors (Lipinski definition) is 0. The van der Waals surface area contributed by atoms with Gasteiger partial charge < -0.3 is 9.47 Å². The maximum Gasteiger partial charge on any atom is 0.305 e. The second-order valence-corrected chi connectivity index (χ2v) is 10.6. The Balaban J connectivity index is 1.85. The van der Waals surface area contributed by atoms with Crippen molar-refractivity contribution in [1.82, 2.24) is 0 Å². The number of ether oxygens (including phenoxy) is 2. The molecule has 3 aromatic carbocycles. The first-order valence-corrected chi connectivity index (χ1v) is 12.2. The highest BCUT2D eigenvalue weighted by Crippen LogP contribution is 2.35. The minimum Gasteiger partial charge on any atom is -0.469 e. The molecule has 3 aromatic rings. The Hall–Kier alpha value is -2.88. The minimum absolute atomic E-state index is 0.0271. The SMILES string of the molecule is COC(=O)CCCC(C)(C)c1ccc2cc3ccc(C(C)(C)CCCC(=O)OC)cc3cc2c1. The van der Waals surface area contributed by atoms with Crippen LogP contribution in [0.15, 0.2) is 48.5 Å². The summed E-state index contributed by atoms with van der Waals surface area (Å²) in [6, 6.07) is 18.0. The smallest absolute Gasteiger partial charge is 0.305 e. The summed E-state index contributed by atoms with van der Waals surface area (Å²) in [5.74, 6) is -0.297. The summed E-state index contributed by atoms with van der Waals surface area (Å²) in [6.07, 6.45) is 4.37. The molecule has 0 aromatic heterocycles. The summed E-state index contributed by atoms with van der Waals surface area (Å²) < 4.78 is 9.56. The van der Waals surface area contributed by atoms with Gasteiger partial charge in [-0.25, -0.2) is 0 Å². The van der Waals surface area contributed by atoms with Gasteiger partial charge in [-0.15, -0.1) is 0 Å². The monoisotopic (exact) mass is 462 g/mol. The van der Waals surface area contributed by atoms with Crippen molar-refractivity contribution in [1.29, 1.82) is 0 Å². The number of rotatable bonds is 10. The van der Waals surface area contributed by atoms with E-state index in [1.807, 2.05) is 0 Å². The van der Waals surface area contributed by atoms with Crippen molar-refractivity contribution in [2.24, 2.45) is 0 Å². The van der Waals surface area contributed by atoms with E-state index in [0.717, 1.165) is 25.7 Å². The maximum atomic E-state index is 11.5. The van der Waals surface area contributed by atoms with Crippen LogP contribution >= 0.6 is 0 Å². The van der Waals surface area contributed by atoms with Crippen LogP contribution < -0.4 is 0 Å². The highest BCUT2D eigenvalue weighted by molar-refractivity contribution is 5.98. The number of carbonyl (C=O) groups excluding carboxylic acids is 2. The Labute approximate surface area is 203 Å². The standard InChI is InChI=1S/C30H38O4/c1-29(2,15-7-9-27(31)33-5)25-13-11-21-17-22-12-14-26(20-24(22)18-23(21)19-25)30(3,4)16-8-10-28(32)34-6/h11-14,17-20H,7-10,15-16H2,1-6H3. The highest BCUT2D eigenvalue weighted by Gasteiger charge is 2.23. The molecular weight excluding hydrogens is 424 g/mol. The number of carbonyl (C=O) groups is 2. The molecule has 4 heteroatoms. The second-order valence-electron chi connectivity index (χ2n) is 10.6. The topological polar surface area (TPSA) is 52.6 Å². The van der Waals surface area contributed by atoms with E-state index >= 15 is 0 Å². The molecule has 0 unspecified atom stereocenters. The van der Waals surface area contributed by atoms with Crippen LogP contribution in [0.5, 0.6) is 0 Å². The van der Waals surface area contributed by atoms with Crippen molar-refractivity contribution in [3.8, 4) is 0 Å². The Morgan fingerprint density at radius 2 is 1.00 bits per heavy atom. The van der Waals surface area contributed by atoms with Crippen molar-refractivity contribution < 1.29 is 19.1 Å². The lowest BCUT2D eigenvalue weighted by Crippen LogP contribution is -2.18. The van der Waals surface area contributed by atoms with Gasteiger partial charge in [0.25, 0.3) is 0 Å². The van der Waals surface area contributed by atoms with Gasteiger partial charge in [-0.1, -0.05) is 64.1 Å². The van der Waals surface area contributed by atoms with Crippen LogP contribution in [0.4, 0.5) is 0 Å². The Morgan fingerprint density at radius 3 is 1.38 bits per heavy atom. The summed E-state index contributed by atoms with van der Waals surface area (Å²) in [5.41, 5.74) is 2.51. The summed E-state index contributed by atoms with van der Waals surface area (Å²) in [5, 5.41) is 4.91. The molecule has 0 heterocycles. The van der Waals surface area contributed by atoms with Gasteiger partial charge in [-0.3, -0.25) is 9.59 Å². The van der Waals surface area contributed by atoms with Crippen molar-refractivity contribution in [2.75, 3.05) is 14.2 Å². The predicted molar refractivity (Wildman–Crippen MR) is 139 cm³/mol. The van der Waals surface area contributed by atoms with Gasteiger partial charge in [0.2, 0.25) is 0 Å². The normalized spacial score (nSPS) is 12.2. The van der Waals surface area contributed by atoms with Crippen LogP contribution in [0.3, 0.4) is 0 Å². The van der Waals surface area contributed by atoms with Crippen molar-refractivity contribution in [3.05, 3.63) is 59.7 Å². The van der Waals surface area contributed by atoms with Gasteiger partial charge in [0, 0.05) is 12.8 Å². The molecule has 0 saturated carbocycles. The molecule has 0 aliphatic rings. The summed E-state index contributed by atoms with van der Waals surface area (Å²) in [4.78, 5) is 23.0. The fourth-order valence-electron chi connectivity index (χ4n) is 4.68. The van der Waals surface area contributed by atoms with Crippen molar-refractivity contribution in [2.45, 2.75) is 77.0 Å². The van der Waals surface area contributed by atoms with Gasteiger partial charge >= 0.3 is 11.9 Å². The van der Waals surface area contributed by atoms with Gasteiger partial charge in [0.15, 0.2) is 0 Å². The zero-order chi connectivity index (χ0) is 24.9. The molecular formula is C30H38O4. The zero-order valence-corrected chi connectivity index (χ0v) is 21.5. The first-order chi connectivity index (χ1) is 16.1. The van der Waals surface area contributed by atoms with Crippen molar-refractivity contribution in [3.63, 3.8) is 0 Å². The number of benzene rings is 3. The number of hydrogen-bond acceptors (Lipinski definition) is 4. The molecule has 4 nitrogen and oxygen atoms in total. The quantitative estimate of drug-likeness (QED) is 0.235. The third-order valence-electron chi connectivity index (χ3n) is 7.18. The average Bonchev–Trinajstić information content (AvgIpc) is 2.81. The van der Waals surface area contributed by atoms with Crippen LogP contribution in [0.1, 0.15) is 77.3 Å². The van der Waals surface area contributed by atoms with E-state index in [1.54, 1.807) is 0 Å². The molecule has 182 valence electrons. The predicted octanol–water partition coefficient (Wildman–Crippen LogP) is 7.23. The lowest BCUT2D eigenvalue weighted by molar-refractivity contribution is -0.141. The third kappa shape index (κ3) is 6.16. The highest BCUT2D eigenvalue weighted by atomic mass is 16.5. The van der Waals surface area contributed by atoms with Gasteiger partial charge in [-0.2, -0.15) is 0 Å². The maximum absolute atomic E-state index is 11.5. The second kappa shape index (κ2) is 10.6. The van der Waals surface area contributed by atoms with Crippen LogP contribution in [0.25, 0.3) is 21.5 Å². The molecule has 3 rings (SSSR count). The van der Waals surface area contributed by atoms with E-state index in [9.17, 15) is 9.59 Å². The van der Waals surface area contributed by atoms with E-state index in [0.29, 0.717) is 12.8 Å². The van der Waals surface area contributed by atoms with Crippen LogP contribution in [0.2, 0.25) is 0 Å². The molecule has 0 aliphatic heterocycles. The van der Waals surface area contributed by atoms with Gasteiger partial charge in [0.05, 0.1) is 14.2 Å². The molecule has 0 fully saturated rings. The molecule has 0 amide bonds. The Kier molecular flexibility index (Phi) is 8.01. The van der Waals surface area contributed by atoms with Crippen LogP contribution in [-0.2, 0) is 29.9 Å². The molecule has 0 N–H and O–H groups in total. The van der Waals surface area contributed by atoms with Gasteiger partial charge in [0.1, 0.15) is 0 Å². The molecule has 0 aliphatic carbocycles. The fourth-order valence-corrected chi connectivity index (χ4v) is 4.68. The first kappa shape index (κ1) is 25.7. The van der Waals surface area contributed by atoms with E-state index in [2.05, 4.69) is 76.2 Å². The molecule has 0 radical (unpaired) electrons. The fraction of sp³-hybridized carbons (Fsp3) is 0.467. The molecule has 34 heavy (non-hydrogen) atoms. The van der Waals surface area contributed by atoms with Crippen LogP contribution in [-0.4, -0.2) is 26.2 Å². The number of esters is 2. The summed E-state index contributed by atoms with van der Waals surface area (Å²) in [7, 11) is 2.88. The molecule has 0 atom stereocenters. The zero-order valence-electron chi connectivity index (χ0n) is 21.5. The minimum atomic E-state index is -0.148. The number of fused-ring (bicyclic) bond motifs is 2. The van der Waals surface area contributed by atoms with E-state index in [1.165, 1.54) is 46.9 Å². The lowest BCUT2D eigenvalue weighted by atomic mass is 9.78. The summed E-state index contributed by atoms with van der Waals surface area (Å²) in [6.45, 7) is 8.95. The lowest BCUT2D eigenvalue weighted by Gasteiger charge is -2.26. The van der Waals surface area contributed by atoms with Crippen LogP contribution in [0, 0.1) is 0 Å². The Morgan fingerprint density at radius 1 is 0.618 bits per heavy atom. The third-order valence-corrected chi connectivity index (χ3v) is 7.18. The van der Waals surface area contributed by atoms with E-state index < -0.39 is 0 Å². The van der Waals surface area contributed by atoms with E-state index in [-0.39, 0.29) is 22.8 Å².